The number of nitrogens with one attached hydrogen (secondary N) is 1. The minimum atomic E-state index is -0.259. The van der Waals surface area contributed by atoms with E-state index in [9.17, 15) is 4.79 Å². The van der Waals surface area contributed by atoms with Gasteiger partial charge in [0.05, 0.1) is 6.04 Å². The van der Waals surface area contributed by atoms with Gasteiger partial charge in [-0.2, -0.15) is 0 Å². The highest BCUT2D eigenvalue weighted by molar-refractivity contribution is 7.17. The van der Waals surface area contributed by atoms with Gasteiger partial charge in [0, 0.05) is 0 Å². The summed E-state index contributed by atoms with van der Waals surface area (Å²) in [5.41, 5.74) is 1.04. The predicted octanol–water partition coefficient (Wildman–Crippen LogP) is 2.68. The van der Waals surface area contributed by atoms with Gasteiger partial charge in [0.15, 0.2) is 0 Å². The second-order valence-electron chi connectivity index (χ2n) is 3.47. The topological polar surface area (TPSA) is 54.9 Å². The predicted molar refractivity (Wildman–Crippen MR) is 67.2 cm³/mol. The number of nitrogens with zero attached hydrogens (tertiary/aromatic N) is 2. The molecule has 1 aromatic heterocycles. The molecule has 0 saturated heterocycles. The largest absolute Gasteiger partial charge is 0.343 e. The summed E-state index contributed by atoms with van der Waals surface area (Å²) in [6, 6.07) is 9.63. The maximum absolute atomic E-state index is 11.8. The summed E-state index contributed by atoms with van der Waals surface area (Å²) in [7, 11) is 0. The number of rotatable bonds is 3. The molecule has 0 unspecified atom stereocenters. The Bertz CT molecular complexity index is 514. The van der Waals surface area contributed by atoms with Crippen molar-refractivity contribution in [2.75, 3.05) is 0 Å². The van der Waals surface area contributed by atoms with E-state index in [-0.39, 0.29) is 21.4 Å². The molecule has 1 heterocycles. The van der Waals surface area contributed by atoms with Crippen LogP contribution in [0.2, 0.25) is 4.47 Å². The minimum absolute atomic E-state index is 0.0774. The van der Waals surface area contributed by atoms with Gasteiger partial charge in [-0.25, -0.2) is 0 Å². The van der Waals surface area contributed by atoms with E-state index < -0.39 is 0 Å². The Hall–Kier alpha value is -1.46. The fourth-order valence-electron chi connectivity index (χ4n) is 1.38. The molecule has 0 aliphatic heterocycles. The van der Waals surface area contributed by atoms with Crippen LogP contribution >= 0.6 is 22.9 Å². The molecule has 0 aliphatic carbocycles. The van der Waals surface area contributed by atoms with Crippen LogP contribution in [0.4, 0.5) is 0 Å². The van der Waals surface area contributed by atoms with Crippen LogP contribution in [0.15, 0.2) is 30.3 Å². The van der Waals surface area contributed by atoms with Gasteiger partial charge in [0.2, 0.25) is 9.47 Å². The van der Waals surface area contributed by atoms with E-state index in [0.717, 1.165) is 16.9 Å². The SMILES string of the molecule is C[C@@H](NC(=O)c1nnc(Cl)s1)c1ccccc1. The molecule has 0 saturated carbocycles. The summed E-state index contributed by atoms with van der Waals surface area (Å²) in [6.45, 7) is 1.91. The lowest BCUT2D eigenvalue weighted by Gasteiger charge is -2.12. The summed E-state index contributed by atoms with van der Waals surface area (Å²) in [5.74, 6) is -0.259. The smallest absolute Gasteiger partial charge is 0.282 e. The van der Waals surface area contributed by atoms with Gasteiger partial charge in [-0.05, 0) is 24.1 Å². The third-order valence-electron chi connectivity index (χ3n) is 2.24. The Morgan fingerprint density at radius 1 is 1.35 bits per heavy atom. The lowest BCUT2D eigenvalue weighted by atomic mass is 10.1. The third-order valence-corrected chi connectivity index (χ3v) is 3.26. The highest BCUT2D eigenvalue weighted by Gasteiger charge is 2.15. The Balaban J connectivity index is 2.04. The summed E-state index contributed by atoms with van der Waals surface area (Å²) < 4.78 is 0.266. The molecular formula is C11H10ClN3OS. The molecule has 6 heteroatoms. The average molecular weight is 268 g/mol. The second kappa shape index (κ2) is 5.25. The maximum Gasteiger partial charge on any atom is 0.282 e. The van der Waals surface area contributed by atoms with Crippen LogP contribution in [0.5, 0.6) is 0 Å². The first-order chi connectivity index (χ1) is 8.16. The van der Waals surface area contributed by atoms with Gasteiger partial charge < -0.3 is 5.32 Å². The highest BCUT2D eigenvalue weighted by Crippen LogP contribution is 2.17. The lowest BCUT2D eigenvalue weighted by Crippen LogP contribution is -2.26. The number of hydrogen-bond acceptors (Lipinski definition) is 4. The first-order valence-corrected chi connectivity index (χ1v) is 6.21. The molecule has 1 aromatic carbocycles. The van der Waals surface area contributed by atoms with Crippen LogP contribution in [0.3, 0.4) is 0 Å². The Morgan fingerprint density at radius 3 is 2.65 bits per heavy atom. The zero-order valence-electron chi connectivity index (χ0n) is 9.05. The number of halogens is 1. The quantitative estimate of drug-likeness (QED) is 0.930. The fourth-order valence-corrected chi connectivity index (χ4v) is 2.11. The number of hydrogen-bond donors (Lipinski definition) is 1. The molecule has 1 atom stereocenters. The molecule has 2 rings (SSSR count). The van der Waals surface area contributed by atoms with Crippen LogP contribution < -0.4 is 5.32 Å². The first kappa shape index (κ1) is 12.0. The molecule has 88 valence electrons. The van der Waals surface area contributed by atoms with E-state index in [4.69, 9.17) is 11.6 Å². The van der Waals surface area contributed by atoms with Crippen molar-refractivity contribution < 1.29 is 4.79 Å². The Labute approximate surface area is 108 Å². The van der Waals surface area contributed by atoms with Crippen LogP contribution in [0.25, 0.3) is 0 Å². The van der Waals surface area contributed by atoms with Gasteiger partial charge >= 0.3 is 0 Å². The van der Waals surface area contributed by atoms with Crippen molar-refractivity contribution in [3.8, 4) is 0 Å². The standard InChI is InChI=1S/C11H10ClN3OS/c1-7(8-5-3-2-4-6-8)13-9(16)10-14-15-11(12)17-10/h2-7H,1H3,(H,13,16)/t7-/m1/s1. The normalized spacial score (nSPS) is 12.1. The van der Waals surface area contributed by atoms with Gasteiger partial charge in [0.25, 0.3) is 5.91 Å². The summed E-state index contributed by atoms with van der Waals surface area (Å²) in [6.07, 6.45) is 0. The van der Waals surface area contributed by atoms with Gasteiger partial charge in [-0.3, -0.25) is 4.79 Å². The Morgan fingerprint density at radius 2 is 2.06 bits per heavy atom. The number of aromatic nitrogens is 2. The van der Waals surface area contributed by atoms with Gasteiger partial charge in [-0.1, -0.05) is 41.7 Å². The lowest BCUT2D eigenvalue weighted by molar-refractivity contribution is 0.0939. The number of carbonyl (C=O) groups is 1. The van der Waals surface area contributed by atoms with Gasteiger partial charge in [0.1, 0.15) is 0 Å². The van der Waals surface area contributed by atoms with Crippen molar-refractivity contribution in [2.45, 2.75) is 13.0 Å². The third kappa shape index (κ3) is 3.01. The van der Waals surface area contributed by atoms with Crippen LogP contribution in [0.1, 0.15) is 28.3 Å². The molecule has 1 N–H and O–H groups in total. The van der Waals surface area contributed by atoms with Gasteiger partial charge in [-0.15, -0.1) is 10.2 Å². The molecule has 2 aromatic rings. The van der Waals surface area contributed by atoms with E-state index >= 15 is 0 Å². The molecule has 0 radical (unpaired) electrons. The van der Waals surface area contributed by atoms with E-state index in [2.05, 4.69) is 15.5 Å². The van der Waals surface area contributed by atoms with E-state index in [1.807, 2.05) is 37.3 Å². The molecule has 4 nitrogen and oxygen atoms in total. The monoisotopic (exact) mass is 267 g/mol. The summed E-state index contributed by atoms with van der Waals surface area (Å²) in [4.78, 5) is 11.8. The van der Waals surface area contributed by atoms with Crippen LogP contribution in [-0.4, -0.2) is 16.1 Å². The van der Waals surface area contributed by atoms with Crippen molar-refractivity contribution in [3.63, 3.8) is 0 Å². The molecule has 1 amide bonds. The molecule has 17 heavy (non-hydrogen) atoms. The zero-order valence-corrected chi connectivity index (χ0v) is 10.6. The van der Waals surface area contributed by atoms with Crippen molar-refractivity contribution in [1.82, 2.24) is 15.5 Å². The van der Waals surface area contributed by atoms with Crippen LogP contribution in [0, 0.1) is 0 Å². The molecule has 0 fully saturated rings. The maximum atomic E-state index is 11.8. The molecule has 0 aliphatic rings. The molecule has 0 spiro atoms. The summed E-state index contributed by atoms with van der Waals surface area (Å²) >= 11 is 6.69. The molecular weight excluding hydrogens is 258 g/mol. The van der Waals surface area contributed by atoms with Crippen molar-refractivity contribution in [1.29, 1.82) is 0 Å². The minimum Gasteiger partial charge on any atom is -0.343 e. The highest BCUT2D eigenvalue weighted by atomic mass is 35.5. The summed E-state index contributed by atoms with van der Waals surface area (Å²) in [5, 5.41) is 10.4. The van der Waals surface area contributed by atoms with Crippen molar-refractivity contribution in [2.24, 2.45) is 0 Å². The van der Waals surface area contributed by atoms with E-state index in [0.29, 0.717) is 0 Å². The number of benzene rings is 1. The number of carbonyl (C=O) groups excluding carboxylic acids is 1. The van der Waals surface area contributed by atoms with Crippen molar-refractivity contribution >= 4 is 28.8 Å². The Kier molecular flexibility index (Phi) is 3.71. The van der Waals surface area contributed by atoms with Crippen LogP contribution in [-0.2, 0) is 0 Å². The average Bonchev–Trinajstić information content (AvgIpc) is 2.77. The van der Waals surface area contributed by atoms with Crippen molar-refractivity contribution in [3.05, 3.63) is 45.4 Å². The van der Waals surface area contributed by atoms with E-state index in [1.54, 1.807) is 0 Å². The second-order valence-corrected chi connectivity index (χ2v) is 5.03. The first-order valence-electron chi connectivity index (χ1n) is 5.01. The fraction of sp³-hybridized carbons (Fsp3) is 0.182. The van der Waals surface area contributed by atoms with E-state index in [1.165, 1.54) is 0 Å². The molecule has 0 bridgehead atoms. The number of amides is 1. The zero-order chi connectivity index (χ0) is 12.3.